The van der Waals surface area contributed by atoms with Crippen LogP contribution in [0.25, 0.3) is 0 Å². The maximum absolute atomic E-state index is 10.3. The van der Waals surface area contributed by atoms with Crippen LogP contribution in [0.5, 0.6) is 0 Å². The molecule has 54 valence electrons. The van der Waals surface area contributed by atoms with Crippen LogP contribution in [-0.2, 0) is 0 Å². The van der Waals surface area contributed by atoms with Crippen LogP contribution in [0.15, 0.2) is 24.3 Å². The van der Waals surface area contributed by atoms with Crippen molar-refractivity contribution in [1.82, 2.24) is 0 Å². The maximum Gasteiger partial charge on any atom is 0 e. The number of rotatable bonds is 1. The van der Waals surface area contributed by atoms with Gasteiger partial charge in [-0.3, -0.25) is 0 Å². The molecule has 1 rings (SSSR count). The molecule has 0 heterocycles. The van der Waals surface area contributed by atoms with Gasteiger partial charge in [-0.1, -0.05) is 0 Å². The van der Waals surface area contributed by atoms with Crippen LogP contribution < -0.4 is 5.11 Å². The Kier molecular flexibility index (Phi) is 2.21. The van der Waals surface area contributed by atoms with Gasteiger partial charge in [-0.05, 0) is 0 Å². The van der Waals surface area contributed by atoms with E-state index in [2.05, 4.69) is 6.07 Å². The van der Waals surface area contributed by atoms with Crippen LogP contribution in [0.4, 0.5) is 0 Å². The third kappa shape index (κ3) is 1.33. The summed E-state index contributed by atoms with van der Waals surface area (Å²) >= 11 is 0. The maximum atomic E-state index is 10.3. The van der Waals surface area contributed by atoms with Gasteiger partial charge in [0.1, 0.15) is 0 Å². The summed E-state index contributed by atoms with van der Waals surface area (Å²) in [7, 11) is 0. The molecule has 10 heavy (non-hydrogen) atoms. The molecule has 0 unspecified atom stereocenters. The van der Waals surface area contributed by atoms with Crippen molar-refractivity contribution in [2.45, 2.75) is 0 Å². The minimum atomic E-state index is -0.685. The van der Waals surface area contributed by atoms with Crippen molar-refractivity contribution in [3.63, 3.8) is 0 Å². The summed E-state index contributed by atoms with van der Waals surface area (Å²) in [5, 5.41) is 16.9. The largest absolute Gasteiger partial charge is 0.901 e. The SMILES string of the molecule is N=C([O-])c1[c-]cccc1.[Cm]. The Bertz CT molecular complexity index is 210. The second kappa shape index (κ2) is 2.87. The molecule has 0 aliphatic rings. The predicted molar refractivity (Wildman–Crippen MR) is 32.1 cm³/mol. The van der Waals surface area contributed by atoms with Crippen molar-refractivity contribution in [1.29, 1.82) is 5.41 Å². The smallest absolute Gasteiger partial charge is 0 e. The third-order valence-electron chi connectivity index (χ3n) is 0.954. The fourth-order valence-corrected chi connectivity index (χ4v) is 0.535. The van der Waals surface area contributed by atoms with Gasteiger partial charge in [0.2, 0.25) is 0 Å². The van der Waals surface area contributed by atoms with Gasteiger partial charge in [0.05, 0.1) is 0 Å². The van der Waals surface area contributed by atoms with Gasteiger partial charge < -0.3 is 10.5 Å². The van der Waals surface area contributed by atoms with E-state index in [9.17, 15) is 5.11 Å². The van der Waals surface area contributed by atoms with Gasteiger partial charge in [-0.25, -0.2) is 0 Å². The van der Waals surface area contributed by atoms with Crippen LogP contribution >= 0.6 is 0 Å². The van der Waals surface area contributed by atoms with Gasteiger partial charge in [0.25, 0.3) is 0 Å². The molecule has 0 saturated heterocycles. The molecule has 0 spiro atoms. The number of benzene rings is 1. The van der Waals surface area contributed by atoms with Crippen LogP contribution in [0.1, 0.15) is 5.56 Å². The molecule has 0 aliphatic carbocycles. The molecule has 1 aromatic carbocycles. The zero-order chi connectivity index (χ0) is 6.69. The summed E-state index contributed by atoms with van der Waals surface area (Å²) in [4.78, 5) is 0. The van der Waals surface area contributed by atoms with Crippen LogP contribution in [-0.4, -0.2) is 5.90 Å². The average molecular weight is 366 g/mol. The average Bonchev–Trinajstić information content (AvgIpc) is 1.90. The fraction of sp³-hybridized carbons (Fsp3) is 0. The van der Waals surface area contributed by atoms with E-state index in [4.69, 9.17) is 5.41 Å². The first-order valence-electron chi connectivity index (χ1n) is 2.53. The third-order valence-corrected chi connectivity index (χ3v) is 0.954. The number of hydrogen-bond donors (Lipinski definition) is 1. The normalized spacial score (nSPS) is 8.00. The van der Waals surface area contributed by atoms with Crippen molar-refractivity contribution in [3.05, 3.63) is 35.9 Å². The van der Waals surface area contributed by atoms with Gasteiger partial charge >= 0.3 is 0 Å². The van der Waals surface area contributed by atoms with Gasteiger partial charge in [-0.15, -0.1) is 41.8 Å². The van der Waals surface area contributed by atoms with E-state index in [1.807, 2.05) is 0 Å². The predicted octanol–water partition coefficient (Wildman–Crippen LogP) is 0.172. The zero-order valence-electron chi connectivity index (χ0n) is 5.07. The standard InChI is InChI=1S/C7H6NO.Cm/c8-7(9)6-4-2-1-3-5-6;/h1-4H,(H2,8,9);/q-1;/p-1. The summed E-state index contributed by atoms with van der Waals surface area (Å²) in [5.74, 6) is -0.685. The van der Waals surface area contributed by atoms with Crippen LogP contribution in [0.3, 0.4) is 0 Å². The van der Waals surface area contributed by atoms with E-state index >= 15 is 0 Å². The molecule has 0 fully saturated rings. The van der Waals surface area contributed by atoms with Gasteiger partial charge in [0.15, 0.2) is 0 Å². The Morgan fingerprint density at radius 1 is 1.50 bits per heavy atom. The Balaban J connectivity index is 0.000000810. The van der Waals surface area contributed by atoms with Crippen molar-refractivity contribution in [2.24, 2.45) is 0 Å². The van der Waals surface area contributed by atoms with E-state index in [0.717, 1.165) is 0 Å². The summed E-state index contributed by atoms with van der Waals surface area (Å²) in [5.41, 5.74) is 0.317. The Hall–Kier alpha value is -2.31. The van der Waals surface area contributed by atoms with E-state index in [1.54, 1.807) is 24.3 Å². The minimum Gasteiger partial charge on any atom is -0.901 e. The van der Waals surface area contributed by atoms with Gasteiger partial charge in [-0.2, -0.15) is 0 Å². The second-order valence-corrected chi connectivity index (χ2v) is 1.61. The van der Waals surface area contributed by atoms with E-state index in [0.29, 0.717) is 5.56 Å². The van der Waals surface area contributed by atoms with E-state index < -0.39 is 5.90 Å². The molecule has 0 aromatic heterocycles. The number of hydrogen-bond acceptors (Lipinski definition) is 2. The zero-order valence-corrected chi connectivity index (χ0v) is 8.02. The molecule has 3 heteroatoms. The molecular weight excluding hydrogens is 361 g/mol. The van der Waals surface area contributed by atoms with E-state index in [1.165, 1.54) is 0 Å². The fourth-order valence-electron chi connectivity index (χ4n) is 0.535. The summed E-state index contributed by atoms with van der Waals surface area (Å²) in [6, 6.07) is 9.27. The summed E-state index contributed by atoms with van der Waals surface area (Å²) in [6.45, 7) is 0. The molecule has 0 atom stereocenters. The number of nitrogens with one attached hydrogen (secondary N) is 1. The molecule has 1 aromatic rings. The van der Waals surface area contributed by atoms with Crippen molar-refractivity contribution >= 4 is 5.90 Å². The Labute approximate surface area is 53.3 Å². The van der Waals surface area contributed by atoms with Crippen molar-refractivity contribution in [3.8, 4) is 0 Å². The monoisotopic (exact) mass is 362 g/mol. The first-order valence-corrected chi connectivity index (χ1v) is 2.53. The van der Waals surface area contributed by atoms with Crippen LogP contribution in [0.2, 0.25) is 0 Å². The molecule has 0 saturated carbocycles. The van der Waals surface area contributed by atoms with E-state index in [-0.39, 0.29) is 0 Å². The molecule has 0 amide bonds. The van der Waals surface area contributed by atoms with Crippen LogP contribution in [0, 0.1) is 11.5 Å². The molecule has 0 aliphatic heterocycles. The Morgan fingerprint density at radius 2 is 2.20 bits per heavy atom. The second-order valence-electron chi connectivity index (χ2n) is 1.61. The first-order chi connectivity index (χ1) is 4.30. The van der Waals surface area contributed by atoms with Crippen molar-refractivity contribution < 1.29 is 5.11 Å². The molecule has 1 N–H and O–H groups in total. The molecular formula is C7H5CmNO-2. The Morgan fingerprint density at radius 3 is 2.50 bits per heavy atom. The molecule has 0 radical (unpaired) electrons. The minimum absolute atomic E-state index is 0. The summed E-state index contributed by atoms with van der Waals surface area (Å²) < 4.78 is 0. The van der Waals surface area contributed by atoms with Gasteiger partial charge in [0, 0.05) is 0 Å². The quantitative estimate of drug-likeness (QED) is 0.430. The topological polar surface area (TPSA) is 46.9 Å². The van der Waals surface area contributed by atoms with Crippen molar-refractivity contribution in [2.75, 3.05) is 0 Å². The first kappa shape index (κ1) is 7.69. The molecule has 2 nitrogen and oxygen atoms in total. The molecule has 0 bridgehead atoms. The summed E-state index contributed by atoms with van der Waals surface area (Å²) in [6.07, 6.45) is 0.